The number of hydrogen-bond donors (Lipinski definition) is 1. The predicted octanol–water partition coefficient (Wildman–Crippen LogP) is 2.41. The maximum absolute atomic E-state index is 10.6. The summed E-state index contributed by atoms with van der Waals surface area (Å²) in [5.41, 5.74) is 0.717. The van der Waals surface area contributed by atoms with Gasteiger partial charge in [-0.3, -0.25) is 10.1 Å². The zero-order valence-electron chi connectivity index (χ0n) is 10.5. The second-order valence-electron chi connectivity index (χ2n) is 4.10. The van der Waals surface area contributed by atoms with Gasteiger partial charge in [-0.1, -0.05) is 5.16 Å². The molecule has 8 heteroatoms. The van der Waals surface area contributed by atoms with Crippen LogP contribution in [0, 0.1) is 10.1 Å². The van der Waals surface area contributed by atoms with Crippen LogP contribution < -0.4 is 0 Å². The van der Waals surface area contributed by atoms with Crippen molar-refractivity contribution < 1.29 is 14.6 Å². The molecule has 0 atom stereocenters. The van der Waals surface area contributed by atoms with E-state index in [-0.39, 0.29) is 28.8 Å². The van der Waals surface area contributed by atoms with E-state index in [0.717, 1.165) is 0 Å². The quantitative estimate of drug-likeness (QED) is 0.579. The molecule has 0 fully saturated rings. The fourth-order valence-electron chi connectivity index (χ4n) is 1.73. The summed E-state index contributed by atoms with van der Waals surface area (Å²) in [4.78, 5) is 18.2. The summed E-state index contributed by atoms with van der Waals surface area (Å²) in [6.45, 7) is 0. The van der Waals surface area contributed by atoms with Crippen LogP contribution in [0.1, 0.15) is 0 Å². The fraction of sp³-hybridized carbons (Fsp3) is 0. The molecule has 21 heavy (non-hydrogen) atoms. The van der Waals surface area contributed by atoms with Crippen molar-refractivity contribution in [1.29, 1.82) is 0 Å². The Kier molecular flexibility index (Phi) is 3.03. The highest BCUT2D eigenvalue weighted by atomic mass is 16.6. The van der Waals surface area contributed by atoms with Crippen LogP contribution in [-0.2, 0) is 0 Å². The fourth-order valence-corrected chi connectivity index (χ4v) is 1.73. The molecule has 3 aromatic rings. The number of aromatic nitrogens is 3. The van der Waals surface area contributed by atoms with Gasteiger partial charge >= 0.3 is 0 Å². The van der Waals surface area contributed by atoms with Gasteiger partial charge in [0.1, 0.15) is 5.75 Å². The Bertz CT molecular complexity index is 798. The summed E-state index contributed by atoms with van der Waals surface area (Å²) in [6, 6.07) is 8.77. The van der Waals surface area contributed by atoms with E-state index in [0.29, 0.717) is 5.56 Å². The minimum Gasteiger partial charge on any atom is -0.505 e. The van der Waals surface area contributed by atoms with Crippen molar-refractivity contribution in [1.82, 2.24) is 15.1 Å². The van der Waals surface area contributed by atoms with Crippen LogP contribution in [0.2, 0.25) is 0 Å². The molecule has 0 aliphatic carbocycles. The largest absolute Gasteiger partial charge is 0.505 e. The summed E-state index contributed by atoms with van der Waals surface area (Å²) < 4.78 is 5.05. The van der Waals surface area contributed by atoms with E-state index in [1.54, 1.807) is 6.07 Å². The smallest absolute Gasteiger partial charge is 0.280 e. The molecule has 2 heterocycles. The molecule has 8 nitrogen and oxygen atoms in total. The van der Waals surface area contributed by atoms with Crippen molar-refractivity contribution in [2.45, 2.75) is 0 Å². The first-order chi connectivity index (χ1) is 10.1. The van der Waals surface area contributed by atoms with Crippen LogP contribution in [0.4, 0.5) is 5.69 Å². The van der Waals surface area contributed by atoms with Gasteiger partial charge in [-0.25, -0.2) is 4.98 Å². The normalized spacial score (nSPS) is 10.5. The van der Waals surface area contributed by atoms with Gasteiger partial charge in [0, 0.05) is 23.9 Å². The molecule has 1 N–H and O–H groups in total. The van der Waals surface area contributed by atoms with Crippen LogP contribution in [-0.4, -0.2) is 25.2 Å². The number of pyridine rings is 1. The molecule has 0 radical (unpaired) electrons. The Balaban J connectivity index is 1.95. The zero-order valence-corrected chi connectivity index (χ0v) is 10.5. The van der Waals surface area contributed by atoms with Gasteiger partial charge in [0.15, 0.2) is 5.69 Å². The molecule has 0 spiro atoms. The predicted molar refractivity (Wildman–Crippen MR) is 71.3 cm³/mol. The minimum absolute atomic E-state index is 0.0233. The lowest BCUT2D eigenvalue weighted by Crippen LogP contribution is -1.88. The Morgan fingerprint density at radius 3 is 2.62 bits per heavy atom. The maximum Gasteiger partial charge on any atom is 0.280 e. The second-order valence-corrected chi connectivity index (χ2v) is 4.10. The molecule has 0 unspecified atom stereocenters. The molecule has 1 aromatic carbocycles. The van der Waals surface area contributed by atoms with E-state index >= 15 is 0 Å². The third kappa shape index (κ3) is 2.41. The van der Waals surface area contributed by atoms with Crippen LogP contribution in [0.5, 0.6) is 5.75 Å². The first kappa shape index (κ1) is 12.7. The number of aromatic hydroxyl groups is 1. The molecular weight excluding hydrogens is 276 g/mol. The van der Waals surface area contributed by atoms with E-state index < -0.39 is 4.92 Å². The highest BCUT2D eigenvalue weighted by Crippen LogP contribution is 2.27. The van der Waals surface area contributed by atoms with Gasteiger partial charge < -0.3 is 9.63 Å². The Morgan fingerprint density at radius 1 is 1.19 bits per heavy atom. The van der Waals surface area contributed by atoms with Crippen LogP contribution in [0.3, 0.4) is 0 Å². The van der Waals surface area contributed by atoms with E-state index in [9.17, 15) is 15.2 Å². The summed E-state index contributed by atoms with van der Waals surface area (Å²) in [6.07, 6.45) is 1.49. The van der Waals surface area contributed by atoms with Crippen molar-refractivity contribution in [3.05, 3.63) is 52.7 Å². The third-order valence-electron chi connectivity index (χ3n) is 2.75. The van der Waals surface area contributed by atoms with Crippen LogP contribution in [0.15, 0.2) is 47.1 Å². The molecule has 0 aliphatic heterocycles. The Hall–Kier alpha value is -3.29. The summed E-state index contributed by atoms with van der Waals surface area (Å²) in [7, 11) is 0. The van der Waals surface area contributed by atoms with Gasteiger partial charge in [0.05, 0.1) is 4.92 Å². The molecule has 0 aliphatic rings. The average Bonchev–Trinajstić information content (AvgIpc) is 2.97. The van der Waals surface area contributed by atoms with E-state index in [1.807, 2.05) is 0 Å². The summed E-state index contributed by atoms with van der Waals surface area (Å²) in [5, 5.41) is 24.0. The van der Waals surface area contributed by atoms with Crippen molar-refractivity contribution in [2.24, 2.45) is 0 Å². The lowest BCUT2D eigenvalue weighted by Gasteiger charge is -1.95. The van der Waals surface area contributed by atoms with Crippen molar-refractivity contribution in [3.8, 4) is 28.7 Å². The monoisotopic (exact) mass is 284 g/mol. The number of rotatable bonds is 3. The highest BCUT2D eigenvalue weighted by Gasteiger charge is 2.15. The van der Waals surface area contributed by atoms with Crippen molar-refractivity contribution >= 4 is 5.69 Å². The first-order valence-corrected chi connectivity index (χ1v) is 5.88. The number of nitrogens with zero attached hydrogens (tertiary/aromatic N) is 4. The molecular formula is C13H8N4O4. The van der Waals surface area contributed by atoms with Gasteiger partial charge in [-0.15, -0.1) is 0 Å². The number of benzene rings is 1. The van der Waals surface area contributed by atoms with Gasteiger partial charge in [-0.2, -0.15) is 4.98 Å². The maximum atomic E-state index is 10.6. The average molecular weight is 284 g/mol. The lowest BCUT2D eigenvalue weighted by molar-refractivity contribution is -0.384. The molecule has 0 amide bonds. The molecule has 2 aromatic heterocycles. The van der Waals surface area contributed by atoms with E-state index in [4.69, 9.17) is 4.52 Å². The summed E-state index contributed by atoms with van der Waals surface area (Å²) >= 11 is 0. The van der Waals surface area contributed by atoms with Crippen LogP contribution >= 0.6 is 0 Å². The molecule has 0 bridgehead atoms. The Labute approximate surface area is 117 Å². The molecule has 3 rings (SSSR count). The molecule has 104 valence electrons. The molecule has 0 saturated carbocycles. The minimum atomic E-state index is -0.489. The number of hydrogen-bond acceptors (Lipinski definition) is 7. The standard InChI is InChI=1S/C13H8N4O4/c18-10-2-1-7-14-11(10)13-15-12(16-21-13)8-3-5-9(6-4-8)17(19)20/h1-7,18H. The van der Waals surface area contributed by atoms with Gasteiger partial charge in [0.25, 0.3) is 11.6 Å². The lowest BCUT2D eigenvalue weighted by atomic mass is 10.2. The number of nitro groups is 1. The zero-order chi connectivity index (χ0) is 14.8. The van der Waals surface area contributed by atoms with Crippen molar-refractivity contribution in [2.75, 3.05) is 0 Å². The first-order valence-electron chi connectivity index (χ1n) is 5.88. The van der Waals surface area contributed by atoms with Crippen LogP contribution in [0.25, 0.3) is 23.0 Å². The van der Waals surface area contributed by atoms with E-state index in [1.165, 1.54) is 36.5 Å². The molecule has 0 saturated heterocycles. The van der Waals surface area contributed by atoms with Gasteiger partial charge in [0.2, 0.25) is 5.82 Å². The van der Waals surface area contributed by atoms with Gasteiger partial charge in [-0.05, 0) is 24.3 Å². The topological polar surface area (TPSA) is 115 Å². The SMILES string of the molecule is O=[N+]([O-])c1ccc(-c2noc(-c3ncccc3O)n2)cc1. The summed E-state index contributed by atoms with van der Waals surface area (Å²) in [5.74, 6) is 0.253. The number of non-ortho nitro benzene ring substituents is 1. The van der Waals surface area contributed by atoms with Crippen molar-refractivity contribution in [3.63, 3.8) is 0 Å². The highest BCUT2D eigenvalue weighted by molar-refractivity contribution is 5.62. The third-order valence-corrected chi connectivity index (χ3v) is 2.75. The van der Waals surface area contributed by atoms with E-state index in [2.05, 4.69) is 15.1 Å². The Morgan fingerprint density at radius 2 is 1.95 bits per heavy atom. The number of nitro benzene ring substituents is 1. The second kappa shape index (κ2) is 5.00.